The molecule has 0 aromatic heterocycles. The molecule has 1 aliphatic heterocycles. The molecular weight excluding hydrogens is 324 g/mol. The summed E-state index contributed by atoms with van der Waals surface area (Å²) in [6, 6.07) is 8.14. The molecule has 0 atom stereocenters. The molecule has 1 aromatic rings. The van der Waals surface area contributed by atoms with Gasteiger partial charge in [0.2, 0.25) is 5.91 Å². The quantitative estimate of drug-likeness (QED) is 0.797. The van der Waals surface area contributed by atoms with Crippen LogP contribution in [0.3, 0.4) is 0 Å². The van der Waals surface area contributed by atoms with Gasteiger partial charge in [-0.15, -0.1) is 11.8 Å². The average molecular weight is 348 g/mol. The van der Waals surface area contributed by atoms with Crippen LogP contribution in [0.5, 0.6) is 0 Å². The summed E-state index contributed by atoms with van der Waals surface area (Å²) in [5.74, 6) is 0.101. The molecular formula is C17H24N4O2S. The fourth-order valence-electron chi connectivity index (χ4n) is 2.76. The number of rotatable bonds is 5. The van der Waals surface area contributed by atoms with Gasteiger partial charge in [0.05, 0.1) is 12.2 Å². The first-order chi connectivity index (χ1) is 11.7. The van der Waals surface area contributed by atoms with Gasteiger partial charge in [0.25, 0.3) is 0 Å². The van der Waals surface area contributed by atoms with E-state index in [1.165, 1.54) is 0 Å². The Balaban J connectivity index is 1.45. The summed E-state index contributed by atoms with van der Waals surface area (Å²) in [4.78, 5) is 29.2. The van der Waals surface area contributed by atoms with Crippen LogP contribution in [0.1, 0.15) is 12.8 Å². The molecule has 3 rings (SSSR count). The average Bonchev–Trinajstić information content (AvgIpc) is 3.39. The van der Waals surface area contributed by atoms with Crippen molar-refractivity contribution in [2.75, 3.05) is 44.3 Å². The predicted molar refractivity (Wildman–Crippen MR) is 96.4 cm³/mol. The lowest BCUT2D eigenvalue weighted by atomic mass is 10.3. The number of amides is 3. The highest BCUT2D eigenvalue weighted by Crippen LogP contribution is 2.25. The van der Waals surface area contributed by atoms with Crippen LogP contribution in [-0.4, -0.2) is 66.8 Å². The molecule has 24 heavy (non-hydrogen) atoms. The Morgan fingerprint density at radius 1 is 1.17 bits per heavy atom. The first kappa shape index (κ1) is 17.1. The number of carbonyl (C=O) groups excluding carboxylic acids is 2. The van der Waals surface area contributed by atoms with Gasteiger partial charge < -0.3 is 15.5 Å². The Labute approximate surface area is 146 Å². The largest absolute Gasteiger partial charge is 0.352 e. The molecule has 0 radical (unpaired) electrons. The molecule has 130 valence electrons. The van der Waals surface area contributed by atoms with Crippen LogP contribution in [0, 0.1) is 0 Å². The summed E-state index contributed by atoms with van der Waals surface area (Å²) >= 11 is 1.62. The number of benzene rings is 1. The van der Waals surface area contributed by atoms with Crippen molar-refractivity contribution in [3.63, 3.8) is 0 Å². The Hall–Kier alpha value is -1.73. The van der Waals surface area contributed by atoms with Crippen molar-refractivity contribution in [3.05, 3.63) is 24.3 Å². The Kier molecular flexibility index (Phi) is 5.63. The fraction of sp³-hybridized carbons (Fsp3) is 0.529. The van der Waals surface area contributed by atoms with Gasteiger partial charge in [-0.25, -0.2) is 4.79 Å². The van der Waals surface area contributed by atoms with Crippen LogP contribution in [0.4, 0.5) is 10.5 Å². The molecule has 1 aromatic carbocycles. The number of carbonyl (C=O) groups is 2. The highest BCUT2D eigenvalue weighted by molar-refractivity contribution is 7.98. The molecule has 2 fully saturated rings. The van der Waals surface area contributed by atoms with Gasteiger partial charge in [-0.05, 0) is 31.2 Å². The van der Waals surface area contributed by atoms with E-state index >= 15 is 0 Å². The van der Waals surface area contributed by atoms with Gasteiger partial charge in [-0.3, -0.25) is 9.69 Å². The van der Waals surface area contributed by atoms with E-state index in [9.17, 15) is 9.59 Å². The Morgan fingerprint density at radius 3 is 2.54 bits per heavy atom. The van der Waals surface area contributed by atoms with Crippen molar-refractivity contribution in [2.45, 2.75) is 23.8 Å². The monoisotopic (exact) mass is 348 g/mol. The zero-order chi connectivity index (χ0) is 16.9. The molecule has 1 saturated carbocycles. The standard InChI is InChI=1S/C17H24N4O2S/c1-24-15-5-3-2-4-14(15)19-17(23)21-10-8-20(9-11-21)12-16(22)18-13-6-7-13/h2-5,13H,6-12H2,1H3,(H,18,22)(H,19,23). The van der Waals surface area contributed by atoms with E-state index in [1.54, 1.807) is 11.8 Å². The second-order valence-electron chi connectivity index (χ2n) is 6.24. The predicted octanol–water partition coefficient (Wildman–Crippen LogP) is 1.84. The number of para-hydroxylation sites is 1. The number of hydrogen-bond acceptors (Lipinski definition) is 4. The van der Waals surface area contributed by atoms with Gasteiger partial charge in [0.15, 0.2) is 0 Å². The van der Waals surface area contributed by atoms with Crippen molar-refractivity contribution >= 4 is 29.4 Å². The van der Waals surface area contributed by atoms with Crippen molar-refractivity contribution in [1.82, 2.24) is 15.1 Å². The van der Waals surface area contributed by atoms with E-state index in [4.69, 9.17) is 0 Å². The summed E-state index contributed by atoms with van der Waals surface area (Å²) in [5, 5.41) is 5.99. The van der Waals surface area contributed by atoms with E-state index < -0.39 is 0 Å². The Morgan fingerprint density at radius 2 is 1.88 bits per heavy atom. The highest BCUT2D eigenvalue weighted by Gasteiger charge is 2.26. The number of anilines is 1. The van der Waals surface area contributed by atoms with Gasteiger partial charge in [-0.1, -0.05) is 12.1 Å². The molecule has 6 nitrogen and oxygen atoms in total. The number of urea groups is 1. The first-order valence-electron chi connectivity index (χ1n) is 8.36. The molecule has 2 N–H and O–H groups in total. The lowest BCUT2D eigenvalue weighted by Crippen LogP contribution is -2.52. The van der Waals surface area contributed by atoms with Crippen LogP contribution in [0.15, 0.2) is 29.2 Å². The molecule has 2 aliphatic rings. The van der Waals surface area contributed by atoms with Gasteiger partial charge in [-0.2, -0.15) is 0 Å². The van der Waals surface area contributed by atoms with Crippen molar-refractivity contribution in [1.29, 1.82) is 0 Å². The third-order valence-corrected chi connectivity index (χ3v) is 5.11. The molecule has 1 aliphatic carbocycles. The molecule has 0 spiro atoms. The first-order valence-corrected chi connectivity index (χ1v) is 9.59. The minimum absolute atomic E-state index is 0.0708. The highest BCUT2D eigenvalue weighted by atomic mass is 32.2. The van der Waals surface area contributed by atoms with Crippen molar-refractivity contribution in [2.24, 2.45) is 0 Å². The summed E-state index contributed by atoms with van der Waals surface area (Å²) in [6.07, 6.45) is 4.21. The topological polar surface area (TPSA) is 64.7 Å². The zero-order valence-electron chi connectivity index (χ0n) is 14.0. The van der Waals surface area contributed by atoms with Crippen molar-refractivity contribution in [3.8, 4) is 0 Å². The maximum atomic E-state index is 12.4. The lowest BCUT2D eigenvalue weighted by Gasteiger charge is -2.34. The number of piperazine rings is 1. The summed E-state index contributed by atoms with van der Waals surface area (Å²) in [7, 11) is 0. The summed E-state index contributed by atoms with van der Waals surface area (Å²) in [5.41, 5.74) is 0.848. The maximum absolute atomic E-state index is 12.4. The minimum Gasteiger partial charge on any atom is -0.352 e. The summed E-state index contributed by atoms with van der Waals surface area (Å²) in [6.45, 7) is 3.18. The number of nitrogens with zero attached hydrogens (tertiary/aromatic N) is 2. The molecule has 7 heteroatoms. The molecule has 0 bridgehead atoms. The fourth-order valence-corrected chi connectivity index (χ4v) is 3.31. The van der Waals surface area contributed by atoms with E-state index in [0.29, 0.717) is 25.7 Å². The molecule has 1 heterocycles. The van der Waals surface area contributed by atoms with E-state index in [2.05, 4.69) is 15.5 Å². The van der Waals surface area contributed by atoms with Crippen molar-refractivity contribution < 1.29 is 9.59 Å². The second-order valence-corrected chi connectivity index (χ2v) is 7.08. The lowest BCUT2D eigenvalue weighted by molar-refractivity contribution is -0.122. The van der Waals surface area contributed by atoms with Crippen LogP contribution >= 0.6 is 11.8 Å². The molecule has 0 unspecified atom stereocenters. The van der Waals surface area contributed by atoms with E-state index in [0.717, 1.165) is 36.5 Å². The number of hydrogen-bond donors (Lipinski definition) is 2. The van der Waals surface area contributed by atoms with E-state index in [1.807, 2.05) is 35.4 Å². The second kappa shape index (κ2) is 7.90. The number of nitrogens with one attached hydrogen (secondary N) is 2. The van der Waals surface area contributed by atoms with Crippen LogP contribution in [-0.2, 0) is 4.79 Å². The number of thioether (sulfide) groups is 1. The Bertz CT molecular complexity index is 598. The summed E-state index contributed by atoms with van der Waals surface area (Å²) < 4.78 is 0. The third kappa shape index (κ3) is 4.64. The normalized spacial score (nSPS) is 18.3. The van der Waals surface area contributed by atoms with Gasteiger partial charge in [0, 0.05) is 37.1 Å². The van der Waals surface area contributed by atoms with Crippen LogP contribution in [0.2, 0.25) is 0 Å². The molecule has 1 saturated heterocycles. The minimum atomic E-state index is -0.0708. The smallest absolute Gasteiger partial charge is 0.321 e. The van der Waals surface area contributed by atoms with Gasteiger partial charge in [0.1, 0.15) is 0 Å². The van der Waals surface area contributed by atoms with Crippen LogP contribution in [0.25, 0.3) is 0 Å². The van der Waals surface area contributed by atoms with E-state index in [-0.39, 0.29) is 11.9 Å². The SMILES string of the molecule is CSc1ccccc1NC(=O)N1CCN(CC(=O)NC2CC2)CC1. The zero-order valence-corrected chi connectivity index (χ0v) is 14.8. The third-order valence-electron chi connectivity index (χ3n) is 4.32. The maximum Gasteiger partial charge on any atom is 0.321 e. The molecule has 3 amide bonds. The van der Waals surface area contributed by atoms with Crippen LogP contribution < -0.4 is 10.6 Å². The van der Waals surface area contributed by atoms with Gasteiger partial charge >= 0.3 is 6.03 Å².